The first-order chi connectivity index (χ1) is 11.0. The van der Waals surface area contributed by atoms with Gasteiger partial charge in [-0.25, -0.2) is 0 Å². The Bertz CT molecular complexity index is 564. The van der Waals surface area contributed by atoms with Gasteiger partial charge in [-0.05, 0) is 36.8 Å². The van der Waals surface area contributed by atoms with Gasteiger partial charge in [-0.1, -0.05) is 45.9 Å². The third-order valence-corrected chi connectivity index (χ3v) is 4.74. The van der Waals surface area contributed by atoms with Crippen LogP contribution in [-0.4, -0.2) is 24.4 Å². The molecule has 1 aliphatic heterocycles. The molecule has 23 heavy (non-hydrogen) atoms. The van der Waals surface area contributed by atoms with Crippen molar-refractivity contribution in [2.24, 2.45) is 11.8 Å². The van der Waals surface area contributed by atoms with E-state index in [1.165, 1.54) is 5.56 Å². The normalized spacial score (nSPS) is 15.0. The van der Waals surface area contributed by atoms with Crippen molar-refractivity contribution >= 4 is 17.5 Å². The van der Waals surface area contributed by atoms with Crippen LogP contribution in [0.1, 0.15) is 46.1 Å². The lowest BCUT2D eigenvalue weighted by Crippen LogP contribution is -2.52. The standard InChI is InChI=1S/C19H28N2O2/c1-5-14(6-2)18(22)20-17(13(3)4)19(23)21-12-11-15-9-7-8-10-16(15)21/h7-10,13-14,17H,5-6,11-12H2,1-4H3,(H,20,22)/t17-/m0/s1. The fraction of sp³-hybridized carbons (Fsp3) is 0.579. The minimum Gasteiger partial charge on any atom is -0.344 e. The molecule has 4 nitrogen and oxygen atoms in total. The minimum absolute atomic E-state index is 0.00394. The van der Waals surface area contributed by atoms with Crippen LogP contribution in [0.4, 0.5) is 5.69 Å². The van der Waals surface area contributed by atoms with Gasteiger partial charge in [-0.3, -0.25) is 9.59 Å². The summed E-state index contributed by atoms with van der Waals surface area (Å²) < 4.78 is 0. The van der Waals surface area contributed by atoms with E-state index in [1.54, 1.807) is 0 Å². The molecule has 1 aromatic carbocycles. The molecule has 1 aliphatic rings. The Balaban J connectivity index is 2.15. The second-order valence-electron chi connectivity index (χ2n) is 6.61. The van der Waals surface area contributed by atoms with E-state index in [1.807, 2.05) is 50.8 Å². The van der Waals surface area contributed by atoms with Crippen LogP contribution in [0, 0.1) is 11.8 Å². The number of rotatable bonds is 6. The number of hydrogen-bond donors (Lipinski definition) is 1. The molecule has 1 atom stereocenters. The van der Waals surface area contributed by atoms with E-state index in [-0.39, 0.29) is 23.7 Å². The summed E-state index contributed by atoms with van der Waals surface area (Å²) in [5, 5.41) is 3.00. The van der Waals surface area contributed by atoms with E-state index in [9.17, 15) is 9.59 Å². The number of fused-ring (bicyclic) bond motifs is 1. The lowest BCUT2D eigenvalue weighted by Gasteiger charge is -2.28. The molecule has 0 bridgehead atoms. The van der Waals surface area contributed by atoms with Gasteiger partial charge in [0.25, 0.3) is 0 Å². The maximum Gasteiger partial charge on any atom is 0.249 e. The van der Waals surface area contributed by atoms with Gasteiger partial charge < -0.3 is 10.2 Å². The fourth-order valence-electron chi connectivity index (χ4n) is 3.18. The number of benzene rings is 1. The molecule has 0 saturated heterocycles. The van der Waals surface area contributed by atoms with Crippen molar-refractivity contribution in [2.45, 2.75) is 53.0 Å². The fourth-order valence-corrected chi connectivity index (χ4v) is 3.18. The number of para-hydroxylation sites is 1. The molecule has 2 amide bonds. The van der Waals surface area contributed by atoms with Crippen molar-refractivity contribution in [1.82, 2.24) is 5.32 Å². The molecule has 0 fully saturated rings. The van der Waals surface area contributed by atoms with Gasteiger partial charge in [-0.2, -0.15) is 0 Å². The molecule has 0 aromatic heterocycles. The highest BCUT2D eigenvalue weighted by atomic mass is 16.2. The van der Waals surface area contributed by atoms with Crippen molar-refractivity contribution in [3.05, 3.63) is 29.8 Å². The van der Waals surface area contributed by atoms with Crippen LogP contribution < -0.4 is 10.2 Å². The van der Waals surface area contributed by atoms with Crippen LogP contribution >= 0.6 is 0 Å². The highest BCUT2D eigenvalue weighted by Gasteiger charge is 2.33. The number of anilines is 1. The molecular formula is C19H28N2O2. The highest BCUT2D eigenvalue weighted by Crippen LogP contribution is 2.28. The molecule has 0 radical (unpaired) electrons. The molecular weight excluding hydrogens is 288 g/mol. The summed E-state index contributed by atoms with van der Waals surface area (Å²) in [4.78, 5) is 27.2. The van der Waals surface area contributed by atoms with E-state index in [0.29, 0.717) is 6.54 Å². The first-order valence-electron chi connectivity index (χ1n) is 8.69. The van der Waals surface area contributed by atoms with E-state index < -0.39 is 6.04 Å². The molecule has 0 spiro atoms. The molecule has 1 N–H and O–H groups in total. The molecule has 0 saturated carbocycles. The van der Waals surface area contributed by atoms with Gasteiger partial charge in [0.2, 0.25) is 11.8 Å². The molecule has 4 heteroatoms. The summed E-state index contributed by atoms with van der Waals surface area (Å²) in [6, 6.07) is 7.55. The Labute approximate surface area is 139 Å². The van der Waals surface area contributed by atoms with Crippen LogP contribution in [0.2, 0.25) is 0 Å². The third-order valence-electron chi connectivity index (χ3n) is 4.74. The summed E-state index contributed by atoms with van der Waals surface area (Å²) in [5.41, 5.74) is 2.19. The average Bonchev–Trinajstić information content (AvgIpc) is 2.97. The van der Waals surface area contributed by atoms with Gasteiger partial charge in [0, 0.05) is 18.2 Å². The summed E-state index contributed by atoms with van der Waals surface area (Å²) in [6.07, 6.45) is 2.48. The van der Waals surface area contributed by atoms with Crippen LogP contribution in [0.5, 0.6) is 0 Å². The number of carbonyl (C=O) groups excluding carboxylic acids is 2. The van der Waals surface area contributed by atoms with Crippen LogP contribution in [0.15, 0.2) is 24.3 Å². The van der Waals surface area contributed by atoms with Crippen LogP contribution in [0.25, 0.3) is 0 Å². The quantitative estimate of drug-likeness (QED) is 0.876. The summed E-state index contributed by atoms with van der Waals surface area (Å²) in [6.45, 7) is 8.69. The molecule has 1 aromatic rings. The van der Waals surface area contributed by atoms with E-state index in [4.69, 9.17) is 0 Å². The van der Waals surface area contributed by atoms with E-state index >= 15 is 0 Å². The van der Waals surface area contributed by atoms with E-state index in [0.717, 1.165) is 24.9 Å². The Morgan fingerprint density at radius 1 is 1.17 bits per heavy atom. The summed E-state index contributed by atoms with van der Waals surface area (Å²) >= 11 is 0. The Morgan fingerprint density at radius 2 is 1.83 bits per heavy atom. The van der Waals surface area contributed by atoms with Crippen molar-refractivity contribution in [3.8, 4) is 0 Å². The van der Waals surface area contributed by atoms with Crippen molar-refractivity contribution in [1.29, 1.82) is 0 Å². The van der Waals surface area contributed by atoms with Crippen LogP contribution in [-0.2, 0) is 16.0 Å². The molecule has 0 aliphatic carbocycles. The lowest BCUT2D eigenvalue weighted by atomic mass is 9.98. The van der Waals surface area contributed by atoms with Gasteiger partial charge in [0.15, 0.2) is 0 Å². The van der Waals surface area contributed by atoms with Gasteiger partial charge in [0.1, 0.15) is 6.04 Å². The Kier molecular flexibility index (Phi) is 5.80. The maximum absolute atomic E-state index is 13.0. The Hall–Kier alpha value is -1.84. The zero-order valence-corrected chi connectivity index (χ0v) is 14.6. The topological polar surface area (TPSA) is 49.4 Å². The Morgan fingerprint density at radius 3 is 2.43 bits per heavy atom. The second kappa shape index (κ2) is 7.62. The smallest absolute Gasteiger partial charge is 0.249 e. The largest absolute Gasteiger partial charge is 0.344 e. The maximum atomic E-state index is 13.0. The molecule has 2 rings (SSSR count). The van der Waals surface area contributed by atoms with E-state index in [2.05, 4.69) is 11.4 Å². The number of nitrogens with zero attached hydrogens (tertiary/aromatic N) is 1. The number of carbonyl (C=O) groups is 2. The second-order valence-corrected chi connectivity index (χ2v) is 6.61. The molecule has 1 heterocycles. The van der Waals surface area contributed by atoms with Crippen molar-refractivity contribution in [2.75, 3.05) is 11.4 Å². The monoisotopic (exact) mass is 316 g/mol. The van der Waals surface area contributed by atoms with Gasteiger partial charge in [-0.15, -0.1) is 0 Å². The molecule has 0 unspecified atom stereocenters. The zero-order chi connectivity index (χ0) is 17.0. The molecule has 126 valence electrons. The van der Waals surface area contributed by atoms with Crippen molar-refractivity contribution in [3.63, 3.8) is 0 Å². The highest BCUT2D eigenvalue weighted by molar-refractivity contribution is 6.01. The zero-order valence-electron chi connectivity index (χ0n) is 14.6. The lowest BCUT2D eigenvalue weighted by molar-refractivity contribution is -0.131. The third kappa shape index (κ3) is 3.74. The van der Waals surface area contributed by atoms with Crippen LogP contribution in [0.3, 0.4) is 0 Å². The van der Waals surface area contributed by atoms with Gasteiger partial charge >= 0.3 is 0 Å². The first-order valence-corrected chi connectivity index (χ1v) is 8.69. The number of nitrogens with one attached hydrogen (secondary N) is 1. The summed E-state index contributed by atoms with van der Waals surface area (Å²) in [5.74, 6) is 0.0438. The number of amides is 2. The average molecular weight is 316 g/mol. The minimum atomic E-state index is -0.464. The summed E-state index contributed by atoms with van der Waals surface area (Å²) in [7, 11) is 0. The number of hydrogen-bond acceptors (Lipinski definition) is 2. The predicted octanol–water partition coefficient (Wildman–Crippen LogP) is 3.15. The SMILES string of the molecule is CCC(CC)C(=O)N[C@H](C(=O)N1CCc2ccccc21)C(C)C. The first kappa shape index (κ1) is 17.5. The van der Waals surface area contributed by atoms with Crippen molar-refractivity contribution < 1.29 is 9.59 Å². The van der Waals surface area contributed by atoms with Gasteiger partial charge in [0.05, 0.1) is 0 Å². The predicted molar refractivity (Wildman–Crippen MR) is 93.3 cm³/mol.